The number of hydrogen-bond donors (Lipinski definition) is 1. The van der Waals surface area contributed by atoms with Crippen molar-refractivity contribution in [1.29, 1.82) is 0 Å². The van der Waals surface area contributed by atoms with Gasteiger partial charge in [-0.15, -0.1) is 0 Å². The molecule has 0 bridgehead atoms. The molecule has 0 atom stereocenters. The van der Waals surface area contributed by atoms with Crippen LogP contribution in [-0.2, 0) is 9.59 Å². The minimum Gasteiger partial charge on any atom is -0.481 e. The average molecular weight is 284 g/mol. The van der Waals surface area contributed by atoms with E-state index in [1.54, 1.807) is 12.3 Å². The summed E-state index contributed by atoms with van der Waals surface area (Å²) in [4.78, 5) is 26.0. The predicted octanol–water partition coefficient (Wildman–Crippen LogP) is 2.63. The fourth-order valence-corrected chi connectivity index (χ4v) is 1.90. The third-order valence-electron chi connectivity index (χ3n) is 3.04. The van der Waals surface area contributed by atoms with Crippen LogP contribution in [0.5, 0.6) is 0 Å². The van der Waals surface area contributed by atoms with Crippen LogP contribution in [0.25, 0.3) is 11.8 Å². The molecule has 5 nitrogen and oxygen atoms in total. The molecule has 0 unspecified atom stereocenters. The van der Waals surface area contributed by atoms with E-state index in [1.165, 1.54) is 6.08 Å². The van der Waals surface area contributed by atoms with Crippen LogP contribution in [0.3, 0.4) is 0 Å². The third-order valence-corrected chi connectivity index (χ3v) is 3.04. The van der Waals surface area contributed by atoms with E-state index in [0.717, 1.165) is 17.1 Å². The lowest BCUT2D eigenvalue weighted by molar-refractivity contribution is -0.138. The summed E-state index contributed by atoms with van der Waals surface area (Å²) in [5.74, 6) is -0.245. The normalized spacial score (nSPS) is 10.9. The van der Waals surface area contributed by atoms with Gasteiger partial charge in [0.2, 0.25) is 0 Å². The van der Waals surface area contributed by atoms with Gasteiger partial charge in [-0.2, -0.15) is 0 Å². The highest BCUT2D eigenvalue weighted by Gasteiger charge is 2.02. The van der Waals surface area contributed by atoms with Crippen molar-refractivity contribution in [2.24, 2.45) is 0 Å². The third kappa shape index (κ3) is 4.14. The van der Waals surface area contributed by atoms with Crippen LogP contribution in [-0.4, -0.2) is 26.4 Å². The van der Waals surface area contributed by atoms with E-state index < -0.39 is 5.97 Å². The van der Waals surface area contributed by atoms with Crippen LogP contribution >= 0.6 is 0 Å². The largest absolute Gasteiger partial charge is 0.481 e. The van der Waals surface area contributed by atoms with E-state index in [2.05, 4.69) is 4.98 Å². The molecule has 0 amide bonds. The molecule has 21 heavy (non-hydrogen) atoms. The number of carbonyl (C=O) groups is 2. The van der Waals surface area contributed by atoms with Gasteiger partial charge >= 0.3 is 5.97 Å². The minimum atomic E-state index is -0.961. The second-order valence-corrected chi connectivity index (χ2v) is 4.63. The molecule has 1 aromatic heterocycles. The molecule has 0 saturated heterocycles. The summed E-state index contributed by atoms with van der Waals surface area (Å²) in [6.07, 6.45) is 6.62. The van der Waals surface area contributed by atoms with Crippen LogP contribution in [0.2, 0.25) is 0 Å². The first kappa shape index (κ1) is 14.7. The van der Waals surface area contributed by atoms with Crippen molar-refractivity contribution in [3.8, 4) is 5.69 Å². The van der Waals surface area contributed by atoms with Crippen molar-refractivity contribution < 1.29 is 14.7 Å². The van der Waals surface area contributed by atoms with Crippen molar-refractivity contribution >= 4 is 17.8 Å². The maximum absolute atomic E-state index is 11.5. The number of carboxylic acid groups (broad SMARTS) is 1. The number of aliphatic carboxylic acids is 1. The summed E-state index contributed by atoms with van der Waals surface area (Å²) >= 11 is 0. The molecule has 108 valence electrons. The molecule has 0 aliphatic carbocycles. The van der Waals surface area contributed by atoms with Crippen LogP contribution in [0.1, 0.15) is 24.2 Å². The number of hydrogen-bond acceptors (Lipinski definition) is 3. The molecule has 1 heterocycles. The van der Waals surface area contributed by atoms with Crippen molar-refractivity contribution in [1.82, 2.24) is 9.55 Å². The smallest absolute Gasteiger partial charge is 0.303 e. The number of carboxylic acids is 1. The SMILES string of the molecule is Cc1nccn1-c1ccc(C=CC(=O)CCC(=O)O)cc1. The zero-order valence-electron chi connectivity index (χ0n) is 11.7. The lowest BCUT2D eigenvalue weighted by Crippen LogP contribution is -2.00. The molecule has 2 rings (SSSR count). The predicted molar refractivity (Wildman–Crippen MR) is 79.2 cm³/mol. The quantitative estimate of drug-likeness (QED) is 0.828. The minimum absolute atomic E-state index is 0.0259. The summed E-state index contributed by atoms with van der Waals surface area (Å²) in [6.45, 7) is 1.93. The number of benzene rings is 1. The second-order valence-electron chi connectivity index (χ2n) is 4.63. The molecule has 0 fully saturated rings. The Morgan fingerprint density at radius 3 is 2.52 bits per heavy atom. The zero-order valence-corrected chi connectivity index (χ0v) is 11.7. The van der Waals surface area contributed by atoms with Gasteiger partial charge in [0.15, 0.2) is 5.78 Å². The Morgan fingerprint density at radius 2 is 1.95 bits per heavy atom. The number of rotatable bonds is 6. The molecule has 0 saturated carbocycles. The van der Waals surface area contributed by atoms with Gasteiger partial charge in [-0.1, -0.05) is 18.2 Å². The average Bonchev–Trinajstić information content (AvgIpc) is 2.89. The Bertz CT molecular complexity index is 669. The molecular formula is C16H16N2O3. The maximum atomic E-state index is 11.5. The Hall–Kier alpha value is -2.69. The topological polar surface area (TPSA) is 72.2 Å². The van der Waals surface area contributed by atoms with Crippen LogP contribution < -0.4 is 0 Å². The first-order valence-electron chi connectivity index (χ1n) is 6.59. The zero-order chi connectivity index (χ0) is 15.2. The van der Waals surface area contributed by atoms with Crippen molar-refractivity contribution in [2.45, 2.75) is 19.8 Å². The van der Waals surface area contributed by atoms with Crippen LogP contribution in [0, 0.1) is 6.92 Å². The number of carbonyl (C=O) groups excluding carboxylic acids is 1. The van der Waals surface area contributed by atoms with Gasteiger partial charge in [-0.05, 0) is 30.7 Å². The van der Waals surface area contributed by atoms with E-state index in [9.17, 15) is 9.59 Å². The van der Waals surface area contributed by atoms with Crippen molar-refractivity contribution in [3.63, 3.8) is 0 Å². The van der Waals surface area contributed by atoms with Crippen molar-refractivity contribution in [2.75, 3.05) is 0 Å². The van der Waals surface area contributed by atoms with Gasteiger partial charge in [0, 0.05) is 24.5 Å². The van der Waals surface area contributed by atoms with E-state index in [1.807, 2.05) is 42.0 Å². The highest BCUT2D eigenvalue weighted by molar-refractivity contribution is 5.95. The first-order chi connectivity index (χ1) is 10.1. The summed E-state index contributed by atoms with van der Waals surface area (Å²) in [5.41, 5.74) is 1.89. The number of allylic oxidation sites excluding steroid dienone is 1. The van der Waals surface area contributed by atoms with Gasteiger partial charge in [-0.25, -0.2) is 4.98 Å². The standard InChI is InChI=1S/C16H16N2O3/c1-12-17-10-11-18(12)14-5-2-13(3-6-14)4-7-15(19)8-9-16(20)21/h2-7,10-11H,8-9H2,1H3,(H,20,21). The molecule has 0 radical (unpaired) electrons. The summed E-state index contributed by atoms with van der Waals surface area (Å²) in [6, 6.07) is 7.68. The number of aryl methyl sites for hydroxylation is 1. The molecule has 1 N–H and O–H groups in total. The highest BCUT2D eigenvalue weighted by atomic mass is 16.4. The molecule has 0 aliphatic heterocycles. The molecule has 0 aliphatic rings. The van der Waals surface area contributed by atoms with E-state index in [0.29, 0.717) is 0 Å². The summed E-state index contributed by atoms with van der Waals surface area (Å²) in [5, 5.41) is 8.51. The summed E-state index contributed by atoms with van der Waals surface area (Å²) in [7, 11) is 0. The Balaban J connectivity index is 2.01. The lowest BCUT2D eigenvalue weighted by atomic mass is 10.1. The van der Waals surface area contributed by atoms with Gasteiger partial charge in [0.25, 0.3) is 0 Å². The van der Waals surface area contributed by atoms with Gasteiger partial charge in [0.1, 0.15) is 5.82 Å². The Morgan fingerprint density at radius 1 is 1.24 bits per heavy atom. The van der Waals surface area contributed by atoms with Gasteiger partial charge in [0.05, 0.1) is 6.42 Å². The Labute approximate surface area is 122 Å². The van der Waals surface area contributed by atoms with E-state index in [-0.39, 0.29) is 18.6 Å². The highest BCUT2D eigenvalue weighted by Crippen LogP contribution is 2.12. The molecule has 0 spiro atoms. The fraction of sp³-hybridized carbons (Fsp3) is 0.188. The second kappa shape index (κ2) is 6.65. The van der Waals surface area contributed by atoms with E-state index >= 15 is 0 Å². The number of nitrogens with zero attached hydrogens (tertiary/aromatic N) is 2. The molecule has 1 aromatic carbocycles. The number of imidazole rings is 1. The molecule has 2 aromatic rings. The van der Waals surface area contributed by atoms with E-state index in [4.69, 9.17) is 5.11 Å². The number of aromatic nitrogens is 2. The van der Waals surface area contributed by atoms with Crippen LogP contribution in [0.15, 0.2) is 42.7 Å². The van der Waals surface area contributed by atoms with Crippen LogP contribution in [0.4, 0.5) is 0 Å². The molecular weight excluding hydrogens is 268 g/mol. The lowest BCUT2D eigenvalue weighted by Gasteiger charge is -2.04. The van der Waals surface area contributed by atoms with Gasteiger partial charge in [-0.3, -0.25) is 9.59 Å². The van der Waals surface area contributed by atoms with Gasteiger partial charge < -0.3 is 9.67 Å². The Kier molecular flexibility index (Phi) is 4.66. The first-order valence-corrected chi connectivity index (χ1v) is 6.59. The monoisotopic (exact) mass is 284 g/mol. The molecule has 5 heteroatoms. The number of ketones is 1. The van der Waals surface area contributed by atoms with Crippen molar-refractivity contribution in [3.05, 3.63) is 54.1 Å². The fourth-order valence-electron chi connectivity index (χ4n) is 1.90. The maximum Gasteiger partial charge on any atom is 0.303 e. The summed E-state index contributed by atoms with van der Waals surface area (Å²) < 4.78 is 1.96.